The van der Waals surface area contributed by atoms with Crippen LogP contribution in [0.4, 0.5) is 11.4 Å². The maximum atomic E-state index is 2.34. The molecule has 2 aliphatic heterocycles. The van der Waals surface area contributed by atoms with Crippen molar-refractivity contribution in [1.82, 2.24) is 0 Å². The lowest BCUT2D eigenvalue weighted by Gasteiger charge is -2.23. The Morgan fingerprint density at radius 3 is 2.41 bits per heavy atom. The fraction of sp³-hybridized carbons (Fsp3) is 0.281. The van der Waals surface area contributed by atoms with Gasteiger partial charge in [-0.25, -0.2) is 0 Å². The van der Waals surface area contributed by atoms with Crippen LogP contribution < -0.4 is 4.90 Å². The minimum absolute atomic E-state index is 0.00469. The minimum atomic E-state index is -0.0546. The van der Waals surface area contributed by atoms with Crippen molar-refractivity contribution in [3.8, 4) is 0 Å². The lowest BCUT2D eigenvalue weighted by molar-refractivity contribution is -0.401. The Morgan fingerprint density at radius 1 is 0.853 bits per heavy atom. The molecule has 0 radical (unpaired) electrons. The number of hydrogen-bond acceptors (Lipinski definition) is 1. The molecule has 172 valence electrons. The summed E-state index contributed by atoms with van der Waals surface area (Å²) in [6.45, 7) is 11.5. The zero-order valence-corrected chi connectivity index (χ0v) is 21.5. The van der Waals surface area contributed by atoms with E-state index in [4.69, 9.17) is 0 Å². The Morgan fingerprint density at radius 2 is 1.62 bits per heavy atom. The first kappa shape index (κ1) is 22.4. The van der Waals surface area contributed by atoms with E-state index in [1.807, 2.05) is 0 Å². The van der Waals surface area contributed by atoms with E-state index in [2.05, 4.69) is 143 Å². The Hall–Kier alpha value is -3.39. The van der Waals surface area contributed by atoms with Gasteiger partial charge in [0.2, 0.25) is 5.69 Å². The van der Waals surface area contributed by atoms with Crippen molar-refractivity contribution in [2.75, 3.05) is 19.0 Å². The zero-order chi connectivity index (χ0) is 24.3. The first-order chi connectivity index (χ1) is 16.1. The molecule has 2 aliphatic rings. The van der Waals surface area contributed by atoms with E-state index in [-0.39, 0.29) is 10.8 Å². The molecule has 2 heteroatoms. The van der Waals surface area contributed by atoms with E-state index < -0.39 is 0 Å². The van der Waals surface area contributed by atoms with Gasteiger partial charge in [-0.3, -0.25) is 0 Å². The van der Waals surface area contributed by atoms with Gasteiger partial charge in [0, 0.05) is 41.6 Å². The van der Waals surface area contributed by atoms with Crippen molar-refractivity contribution in [2.24, 2.45) is 0 Å². The van der Waals surface area contributed by atoms with E-state index in [0.29, 0.717) is 0 Å². The van der Waals surface area contributed by atoms with Crippen LogP contribution in [0.1, 0.15) is 44.4 Å². The van der Waals surface area contributed by atoms with Gasteiger partial charge in [0.05, 0.1) is 5.41 Å². The summed E-state index contributed by atoms with van der Waals surface area (Å²) >= 11 is 0. The van der Waals surface area contributed by atoms with Crippen LogP contribution in [0.25, 0.3) is 10.8 Å². The van der Waals surface area contributed by atoms with Crippen molar-refractivity contribution in [3.63, 3.8) is 0 Å². The summed E-state index contributed by atoms with van der Waals surface area (Å²) in [5, 5.41) is 2.65. The van der Waals surface area contributed by atoms with Gasteiger partial charge in [0.15, 0.2) is 5.71 Å². The summed E-state index contributed by atoms with van der Waals surface area (Å²) in [5.74, 6) is 0. The highest BCUT2D eigenvalue weighted by atomic mass is 15.2. The smallest absolute Gasteiger partial charge is 0.210 e. The highest BCUT2D eigenvalue weighted by Gasteiger charge is 2.44. The molecule has 34 heavy (non-hydrogen) atoms. The molecule has 2 heterocycles. The molecule has 0 bridgehead atoms. The average Bonchev–Trinajstić information content (AvgIpc) is 3.12. The maximum absolute atomic E-state index is 2.34. The molecular weight excluding hydrogens is 412 g/mol. The third-order valence-electron chi connectivity index (χ3n) is 7.81. The van der Waals surface area contributed by atoms with Gasteiger partial charge in [-0.15, -0.1) is 0 Å². The standard InChI is InChI=1S/C32H35N2/c1-22-17-19-26-25(21-22)31(2,3)28(33(26)6)15-9-8-10-16-29-32(4,5)30-24-14-12-11-13-23(24)18-20-27(30)34(29)7/h8-21H,1-7H3/q+1. The summed E-state index contributed by atoms with van der Waals surface area (Å²) in [6.07, 6.45) is 11.0. The van der Waals surface area contributed by atoms with E-state index in [9.17, 15) is 0 Å². The van der Waals surface area contributed by atoms with Gasteiger partial charge < -0.3 is 4.90 Å². The number of hydrogen-bond donors (Lipinski definition) is 0. The second-order valence-corrected chi connectivity index (χ2v) is 10.8. The second kappa shape index (κ2) is 7.84. The lowest BCUT2D eigenvalue weighted by Crippen LogP contribution is -2.26. The second-order valence-electron chi connectivity index (χ2n) is 10.8. The van der Waals surface area contributed by atoms with Gasteiger partial charge in [0.25, 0.3) is 0 Å². The first-order valence-corrected chi connectivity index (χ1v) is 12.2. The number of likely N-dealkylation sites (N-methyl/N-ethyl adjacent to an activating group) is 1. The summed E-state index contributed by atoms with van der Waals surface area (Å²) in [4.78, 5) is 2.33. The molecular formula is C32H35N2+. The molecule has 0 aliphatic carbocycles. The van der Waals surface area contributed by atoms with Crippen molar-refractivity contribution in [1.29, 1.82) is 0 Å². The van der Waals surface area contributed by atoms with Gasteiger partial charge >= 0.3 is 0 Å². The van der Waals surface area contributed by atoms with Crippen molar-refractivity contribution < 1.29 is 4.58 Å². The van der Waals surface area contributed by atoms with Crippen LogP contribution >= 0.6 is 0 Å². The quantitative estimate of drug-likeness (QED) is 0.296. The van der Waals surface area contributed by atoms with E-state index in [1.165, 1.54) is 50.2 Å². The van der Waals surface area contributed by atoms with Crippen LogP contribution in [-0.2, 0) is 10.8 Å². The zero-order valence-electron chi connectivity index (χ0n) is 21.5. The summed E-state index contributed by atoms with van der Waals surface area (Å²) in [7, 11) is 4.36. The Labute approximate surface area is 204 Å². The third-order valence-corrected chi connectivity index (χ3v) is 7.81. The number of allylic oxidation sites excluding steroid dienone is 6. The van der Waals surface area contributed by atoms with Gasteiger partial charge in [-0.05, 0) is 55.3 Å². The molecule has 0 saturated carbocycles. The van der Waals surface area contributed by atoms with Crippen LogP contribution in [0.15, 0.2) is 90.7 Å². The Kier molecular flexibility index (Phi) is 5.16. The normalized spacial score (nSPS) is 19.7. The molecule has 0 fully saturated rings. The number of benzene rings is 3. The molecule has 0 N–H and O–H groups in total. The van der Waals surface area contributed by atoms with Gasteiger partial charge in [-0.1, -0.05) is 74.0 Å². The third kappa shape index (κ3) is 3.27. The number of nitrogens with zero attached hydrogens (tertiary/aromatic N) is 2. The number of aryl methyl sites for hydroxylation is 1. The van der Waals surface area contributed by atoms with Gasteiger partial charge in [0.1, 0.15) is 7.05 Å². The molecule has 2 nitrogen and oxygen atoms in total. The molecule has 3 aromatic rings. The molecule has 0 spiro atoms. The van der Waals surface area contributed by atoms with Crippen molar-refractivity contribution in [2.45, 2.75) is 45.4 Å². The highest BCUT2D eigenvalue weighted by molar-refractivity contribution is 6.07. The molecule has 0 saturated heterocycles. The van der Waals surface area contributed by atoms with Crippen LogP contribution in [0.2, 0.25) is 0 Å². The predicted molar refractivity (Wildman–Crippen MR) is 147 cm³/mol. The monoisotopic (exact) mass is 447 g/mol. The van der Waals surface area contributed by atoms with Crippen LogP contribution in [0.5, 0.6) is 0 Å². The first-order valence-electron chi connectivity index (χ1n) is 12.2. The van der Waals surface area contributed by atoms with E-state index >= 15 is 0 Å². The molecule has 0 unspecified atom stereocenters. The Bertz CT molecular complexity index is 1430. The summed E-state index contributed by atoms with van der Waals surface area (Å²) in [6, 6.07) is 20.0. The molecule has 0 atom stereocenters. The largest absolute Gasteiger partial charge is 0.347 e. The molecule has 0 aromatic heterocycles. The van der Waals surface area contributed by atoms with E-state index in [0.717, 1.165) is 0 Å². The van der Waals surface area contributed by atoms with Crippen molar-refractivity contribution in [3.05, 3.63) is 107 Å². The maximum Gasteiger partial charge on any atom is 0.210 e. The Balaban J connectivity index is 1.42. The minimum Gasteiger partial charge on any atom is -0.347 e. The lowest BCUT2D eigenvalue weighted by atomic mass is 9.79. The number of rotatable bonds is 3. The SMILES string of the molecule is Cc1ccc2c(c1)C(C)(C)\C(=C/C=C/C=C/C1=[N+](C)c3ccc4ccccc4c3C1(C)C)N2C. The summed E-state index contributed by atoms with van der Waals surface area (Å²) < 4.78 is 2.34. The van der Waals surface area contributed by atoms with Crippen LogP contribution in [0, 0.1) is 6.92 Å². The van der Waals surface area contributed by atoms with E-state index in [1.54, 1.807) is 0 Å². The van der Waals surface area contributed by atoms with Gasteiger partial charge in [-0.2, -0.15) is 4.58 Å². The molecule has 3 aromatic carbocycles. The predicted octanol–water partition coefficient (Wildman–Crippen LogP) is 7.58. The average molecular weight is 448 g/mol. The molecule has 0 amide bonds. The number of fused-ring (bicyclic) bond motifs is 4. The molecule has 5 rings (SSSR count). The topological polar surface area (TPSA) is 6.25 Å². The highest BCUT2D eigenvalue weighted by Crippen LogP contribution is 2.47. The number of anilines is 1. The van der Waals surface area contributed by atoms with Crippen LogP contribution in [0.3, 0.4) is 0 Å². The van der Waals surface area contributed by atoms with Crippen molar-refractivity contribution >= 4 is 27.9 Å². The van der Waals surface area contributed by atoms with Crippen LogP contribution in [-0.4, -0.2) is 24.4 Å². The fourth-order valence-corrected chi connectivity index (χ4v) is 6.00. The summed E-state index contributed by atoms with van der Waals surface area (Å²) in [5.41, 5.74) is 9.32. The fourth-order valence-electron chi connectivity index (χ4n) is 6.00.